The molecule has 1 aromatic heterocycles. The van der Waals surface area contributed by atoms with Crippen LogP contribution in [0.15, 0.2) is 84.9 Å². The minimum absolute atomic E-state index is 0.0794. The number of fused-ring (bicyclic) bond motifs is 3. The molecule has 0 unspecified atom stereocenters. The summed E-state index contributed by atoms with van der Waals surface area (Å²) in [5.74, 6) is -2.32. The van der Waals surface area contributed by atoms with E-state index in [9.17, 15) is 14.4 Å². The standard InChI is InChI=1S/C30H27NO5/c1-3-19-30(21-15-9-6-10-16-21)25(28(33)35-4-2)24-22-17-11-12-18-23(22)31(27(24)36-29(30)34)26(32)20-13-7-5-8-14-20/h5-18,25H,3-4,19H2,1-2H3/t25-,30-/m1/s1. The van der Waals surface area contributed by atoms with Gasteiger partial charge in [-0.15, -0.1) is 0 Å². The zero-order valence-corrected chi connectivity index (χ0v) is 20.3. The lowest BCUT2D eigenvalue weighted by molar-refractivity contribution is -0.156. The molecule has 3 aromatic carbocycles. The summed E-state index contributed by atoms with van der Waals surface area (Å²) in [6.45, 7) is 3.88. The molecule has 0 radical (unpaired) electrons. The molecule has 5 rings (SSSR count). The number of ether oxygens (including phenoxy) is 2. The Morgan fingerprint density at radius 1 is 0.917 bits per heavy atom. The van der Waals surface area contributed by atoms with Crippen molar-refractivity contribution < 1.29 is 23.9 Å². The molecule has 0 N–H and O–H groups in total. The van der Waals surface area contributed by atoms with Gasteiger partial charge >= 0.3 is 11.9 Å². The Bertz CT molecular complexity index is 1440. The topological polar surface area (TPSA) is 74.6 Å². The van der Waals surface area contributed by atoms with Crippen molar-refractivity contribution in [1.29, 1.82) is 0 Å². The van der Waals surface area contributed by atoms with Crippen molar-refractivity contribution in [1.82, 2.24) is 4.57 Å². The zero-order chi connectivity index (χ0) is 25.3. The van der Waals surface area contributed by atoms with Gasteiger partial charge in [0.15, 0.2) is 0 Å². The second-order valence-corrected chi connectivity index (χ2v) is 8.90. The van der Waals surface area contributed by atoms with Gasteiger partial charge in [-0.1, -0.05) is 80.1 Å². The van der Waals surface area contributed by atoms with Crippen LogP contribution in [-0.4, -0.2) is 29.0 Å². The van der Waals surface area contributed by atoms with E-state index >= 15 is 0 Å². The molecular weight excluding hydrogens is 454 g/mol. The van der Waals surface area contributed by atoms with Gasteiger partial charge in [-0.2, -0.15) is 0 Å². The van der Waals surface area contributed by atoms with E-state index in [1.807, 2.05) is 61.5 Å². The van der Waals surface area contributed by atoms with Gasteiger partial charge in [0.05, 0.1) is 12.1 Å². The number of benzene rings is 3. The molecule has 0 aliphatic carbocycles. The summed E-state index contributed by atoms with van der Waals surface area (Å²) in [7, 11) is 0. The number of aromatic nitrogens is 1. The second kappa shape index (κ2) is 9.46. The van der Waals surface area contributed by atoms with Gasteiger partial charge in [-0.05, 0) is 37.1 Å². The summed E-state index contributed by atoms with van der Waals surface area (Å²) in [5, 5.41) is 0.679. The SMILES string of the molecule is CCC[C@]1(c2ccccc2)C(=O)Oc2c(c3ccccc3n2C(=O)c2ccccc2)[C@@H]1C(=O)OCC. The van der Waals surface area contributed by atoms with Gasteiger partial charge in [-0.3, -0.25) is 14.4 Å². The van der Waals surface area contributed by atoms with E-state index in [2.05, 4.69) is 0 Å². The maximum atomic E-state index is 14.0. The first-order valence-corrected chi connectivity index (χ1v) is 12.2. The van der Waals surface area contributed by atoms with Gasteiger partial charge in [-0.25, -0.2) is 4.57 Å². The Labute approximate surface area is 209 Å². The van der Waals surface area contributed by atoms with E-state index in [-0.39, 0.29) is 18.4 Å². The van der Waals surface area contributed by atoms with E-state index < -0.39 is 23.3 Å². The molecule has 0 fully saturated rings. The van der Waals surface area contributed by atoms with Crippen molar-refractivity contribution in [3.05, 3.63) is 102 Å². The predicted molar refractivity (Wildman–Crippen MR) is 136 cm³/mol. The average molecular weight is 482 g/mol. The van der Waals surface area contributed by atoms with Crippen molar-refractivity contribution >= 4 is 28.7 Å². The van der Waals surface area contributed by atoms with Gasteiger partial charge in [0.25, 0.3) is 5.91 Å². The molecule has 1 aliphatic heterocycles. The van der Waals surface area contributed by atoms with E-state index in [4.69, 9.17) is 9.47 Å². The van der Waals surface area contributed by atoms with Crippen molar-refractivity contribution in [2.75, 3.05) is 6.61 Å². The van der Waals surface area contributed by atoms with Crippen LogP contribution in [0.5, 0.6) is 5.88 Å². The van der Waals surface area contributed by atoms with Crippen LogP contribution >= 0.6 is 0 Å². The van der Waals surface area contributed by atoms with E-state index in [1.165, 1.54) is 4.57 Å². The molecule has 36 heavy (non-hydrogen) atoms. The summed E-state index contributed by atoms with van der Waals surface area (Å²) in [6, 6.07) is 25.4. The predicted octanol–water partition coefficient (Wildman–Crippen LogP) is 5.63. The minimum Gasteiger partial charge on any atom is -0.465 e. The first kappa shape index (κ1) is 23.5. The molecule has 0 spiro atoms. The van der Waals surface area contributed by atoms with E-state index in [0.717, 1.165) is 0 Å². The fourth-order valence-corrected chi connectivity index (χ4v) is 5.43. The first-order valence-electron chi connectivity index (χ1n) is 12.2. The molecule has 6 nitrogen and oxygen atoms in total. The fraction of sp³-hybridized carbons (Fsp3) is 0.233. The Kier molecular flexibility index (Phi) is 6.18. The number of para-hydroxylation sites is 1. The van der Waals surface area contributed by atoms with Crippen LogP contribution in [-0.2, 0) is 19.7 Å². The van der Waals surface area contributed by atoms with Gasteiger partial charge in [0, 0.05) is 16.5 Å². The first-order chi connectivity index (χ1) is 17.5. The third-order valence-corrected chi connectivity index (χ3v) is 6.88. The van der Waals surface area contributed by atoms with Crippen LogP contribution < -0.4 is 4.74 Å². The van der Waals surface area contributed by atoms with Crippen LogP contribution in [0.25, 0.3) is 10.9 Å². The summed E-state index contributed by atoms with van der Waals surface area (Å²) < 4.78 is 13.0. The quantitative estimate of drug-likeness (QED) is 0.334. The number of esters is 2. The number of hydrogen-bond donors (Lipinski definition) is 0. The van der Waals surface area contributed by atoms with Gasteiger partial charge in [0.2, 0.25) is 5.88 Å². The summed E-state index contributed by atoms with van der Waals surface area (Å²) in [6.07, 6.45) is 1.02. The van der Waals surface area contributed by atoms with Crippen LogP contribution in [0.4, 0.5) is 0 Å². The third-order valence-electron chi connectivity index (χ3n) is 6.88. The van der Waals surface area contributed by atoms with Crippen LogP contribution in [0, 0.1) is 0 Å². The van der Waals surface area contributed by atoms with Crippen LogP contribution in [0.1, 0.15) is 54.1 Å². The van der Waals surface area contributed by atoms with Crippen molar-refractivity contribution in [2.45, 2.75) is 38.0 Å². The Balaban J connectivity index is 1.85. The summed E-state index contributed by atoms with van der Waals surface area (Å²) in [4.78, 5) is 41.5. The fourth-order valence-electron chi connectivity index (χ4n) is 5.43. The molecule has 4 aromatic rings. The number of rotatable bonds is 6. The molecule has 2 heterocycles. The average Bonchev–Trinajstić information content (AvgIpc) is 3.23. The van der Waals surface area contributed by atoms with Crippen LogP contribution in [0.2, 0.25) is 0 Å². The summed E-state index contributed by atoms with van der Waals surface area (Å²) >= 11 is 0. The molecule has 0 bridgehead atoms. The largest absolute Gasteiger partial charge is 0.465 e. The lowest BCUT2D eigenvalue weighted by Gasteiger charge is -2.41. The third kappa shape index (κ3) is 3.52. The highest BCUT2D eigenvalue weighted by atomic mass is 16.6. The second-order valence-electron chi connectivity index (χ2n) is 8.90. The van der Waals surface area contributed by atoms with Crippen LogP contribution in [0.3, 0.4) is 0 Å². The maximum Gasteiger partial charge on any atom is 0.324 e. The molecule has 0 saturated heterocycles. The molecular formula is C30H27NO5. The van der Waals surface area contributed by atoms with Gasteiger partial charge in [0.1, 0.15) is 11.3 Å². The molecule has 6 heteroatoms. The molecule has 0 saturated carbocycles. The highest BCUT2D eigenvalue weighted by Crippen LogP contribution is 2.53. The number of carbonyl (C=O) groups is 3. The van der Waals surface area contributed by atoms with Gasteiger partial charge < -0.3 is 9.47 Å². The normalized spacial score (nSPS) is 18.9. The molecule has 182 valence electrons. The van der Waals surface area contributed by atoms with E-state index in [1.54, 1.807) is 37.3 Å². The lowest BCUT2D eigenvalue weighted by Crippen LogP contribution is -2.51. The summed E-state index contributed by atoms with van der Waals surface area (Å²) in [5.41, 5.74) is 0.911. The monoisotopic (exact) mass is 481 g/mol. The highest BCUT2D eigenvalue weighted by molar-refractivity contribution is 6.09. The molecule has 0 amide bonds. The highest BCUT2D eigenvalue weighted by Gasteiger charge is 2.58. The minimum atomic E-state index is -1.29. The Morgan fingerprint density at radius 2 is 1.56 bits per heavy atom. The Morgan fingerprint density at radius 3 is 2.22 bits per heavy atom. The maximum absolute atomic E-state index is 14.0. The molecule has 1 aliphatic rings. The van der Waals surface area contributed by atoms with Crippen molar-refractivity contribution in [3.8, 4) is 5.88 Å². The lowest BCUT2D eigenvalue weighted by atomic mass is 9.64. The zero-order valence-electron chi connectivity index (χ0n) is 20.3. The number of hydrogen-bond acceptors (Lipinski definition) is 5. The van der Waals surface area contributed by atoms with Crippen molar-refractivity contribution in [3.63, 3.8) is 0 Å². The van der Waals surface area contributed by atoms with Crippen molar-refractivity contribution in [2.24, 2.45) is 0 Å². The molecule has 2 atom stereocenters. The smallest absolute Gasteiger partial charge is 0.324 e. The Hall–Kier alpha value is -4.19. The number of carbonyl (C=O) groups excluding carboxylic acids is 3. The number of nitrogens with zero attached hydrogens (tertiary/aromatic N) is 1. The van der Waals surface area contributed by atoms with E-state index in [0.29, 0.717) is 40.4 Å².